The number of nitrogens with zero attached hydrogens (tertiary/aromatic N) is 1. The Balaban J connectivity index is 1.52. The van der Waals surface area contributed by atoms with Gasteiger partial charge in [0.25, 0.3) is 5.91 Å². The molecular weight excluding hydrogens is 562 g/mol. The fraction of sp³-hybridized carbons (Fsp3) is 0.294. The summed E-state index contributed by atoms with van der Waals surface area (Å²) in [5.74, 6) is -1.06. The van der Waals surface area contributed by atoms with Gasteiger partial charge in [-0.25, -0.2) is 14.4 Å². The highest BCUT2D eigenvalue weighted by molar-refractivity contribution is 5.98. The van der Waals surface area contributed by atoms with E-state index in [0.29, 0.717) is 16.5 Å². The summed E-state index contributed by atoms with van der Waals surface area (Å²) in [6, 6.07) is 23.6. The van der Waals surface area contributed by atoms with Crippen LogP contribution in [-0.2, 0) is 38.6 Å². The van der Waals surface area contributed by atoms with Gasteiger partial charge in [-0.1, -0.05) is 78.9 Å². The van der Waals surface area contributed by atoms with E-state index >= 15 is 0 Å². The van der Waals surface area contributed by atoms with E-state index in [9.17, 15) is 19.2 Å². The van der Waals surface area contributed by atoms with Crippen LogP contribution < -0.4 is 10.6 Å². The molecule has 10 nitrogen and oxygen atoms in total. The van der Waals surface area contributed by atoms with Crippen LogP contribution in [0.5, 0.6) is 0 Å². The Kier molecular flexibility index (Phi) is 10.4. The van der Waals surface area contributed by atoms with Crippen LogP contribution in [0.1, 0.15) is 49.2 Å². The van der Waals surface area contributed by atoms with Crippen molar-refractivity contribution in [2.45, 2.75) is 65.0 Å². The maximum Gasteiger partial charge on any atom is 0.408 e. The number of benzene rings is 3. The predicted octanol–water partition coefficient (Wildman–Crippen LogP) is 5.78. The van der Waals surface area contributed by atoms with Gasteiger partial charge in [0.1, 0.15) is 30.9 Å². The molecule has 2 N–H and O–H groups in total. The third-order valence-corrected chi connectivity index (χ3v) is 6.57. The van der Waals surface area contributed by atoms with Gasteiger partial charge in [0.15, 0.2) is 0 Å². The minimum atomic E-state index is -1.11. The predicted molar refractivity (Wildman–Crippen MR) is 165 cm³/mol. The third kappa shape index (κ3) is 8.94. The molecule has 4 rings (SSSR count). The first-order valence-electron chi connectivity index (χ1n) is 14.3. The van der Waals surface area contributed by atoms with Crippen molar-refractivity contribution in [3.63, 3.8) is 0 Å². The number of rotatable bonds is 10. The van der Waals surface area contributed by atoms with Crippen LogP contribution in [0.4, 0.5) is 9.59 Å². The van der Waals surface area contributed by atoms with Gasteiger partial charge in [0.2, 0.25) is 0 Å². The Labute approximate surface area is 256 Å². The molecule has 1 aromatic heterocycles. The van der Waals surface area contributed by atoms with E-state index in [0.717, 1.165) is 11.1 Å². The van der Waals surface area contributed by atoms with Crippen LogP contribution >= 0.6 is 0 Å². The van der Waals surface area contributed by atoms with Crippen molar-refractivity contribution in [3.8, 4) is 0 Å². The minimum Gasteiger partial charge on any atom is -0.459 e. The fourth-order valence-corrected chi connectivity index (χ4v) is 4.50. The SMILES string of the molecule is CC(NC(=O)OCc1ccccc1)C(=O)n1cc(CC(NC(=O)OC(C)(C)C)C(=O)OCc2ccccc2)c2ccccc21. The average molecular weight is 600 g/mol. The van der Waals surface area contributed by atoms with E-state index < -0.39 is 41.7 Å². The van der Waals surface area contributed by atoms with Crippen molar-refractivity contribution in [3.05, 3.63) is 108 Å². The lowest BCUT2D eigenvalue weighted by molar-refractivity contribution is -0.147. The lowest BCUT2D eigenvalue weighted by Gasteiger charge is -2.23. The molecule has 0 bridgehead atoms. The summed E-state index contributed by atoms with van der Waals surface area (Å²) in [5.41, 5.74) is 2.02. The van der Waals surface area contributed by atoms with Crippen LogP contribution in [0, 0.1) is 0 Å². The van der Waals surface area contributed by atoms with E-state index in [1.165, 1.54) is 4.57 Å². The van der Waals surface area contributed by atoms with Gasteiger partial charge >= 0.3 is 18.2 Å². The summed E-state index contributed by atoms with van der Waals surface area (Å²) in [6.07, 6.45) is 0.128. The maximum absolute atomic E-state index is 13.5. The zero-order chi connectivity index (χ0) is 31.7. The quantitative estimate of drug-likeness (QED) is 0.175. The Hall–Kier alpha value is -5.12. The molecule has 230 valence electrons. The first-order chi connectivity index (χ1) is 21.0. The molecule has 44 heavy (non-hydrogen) atoms. The lowest BCUT2D eigenvalue weighted by atomic mass is 10.1. The number of hydrogen-bond donors (Lipinski definition) is 2. The molecule has 0 aliphatic rings. The molecule has 0 saturated heterocycles. The number of fused-ring (bicyclic) bond motifs is 1. The van der Waals surface area contributed by atoms with Crippen LogP contribution in [0.25, 0.3) is 10.9 Å². The second kappa shape index (κ2) is 14.4. The summed E-state index contributed by atoms with van der Waals surface area (Å²) >= 11 is 0. The Morgan fingerprint density at radius 1 is 0.750 bits per heavy atom. The first kappa shape index (κ1) is 31.8. The number of para-hydroxylation sites is 1. The number of hydrogen-bond acceptors (Lipinski definition) is 7. The van der Waals surface area contributed by atoms with Crippen molar-refractivity contribution in [1.82, 2.24) is 15.2 Å². The molecule has 4 aromatic rings. The maximum atomic E-state index is 13.5. The average Bonchev–Trinajstić information content (AvgIpc) is 3.36. The molecule has 0 radical (unpaired) electrons. The van der Waals surface area contributed by atoms with Gasteiger partial charge in [-0.3, -0.25) is 9.36 Å². The number of alkyl carbamates (subject to hydrolysis) is 2. The molecule has 0 spiro atoms. The van der Waals surface area contributed by atoms with Crippen LogP contribution in [0.2, 0.25) is 0 Å². The molecule has 1 heterocycles. The summed E-state index contributed by atoms with van der Waals surface area (Å²) in [6.45, 7) is 6.82. The first-order valence-corrected chi connectivity index (χ1v) is 14.3. The molecule has 2 amide bonds. The van der Waals surface area contributed by atoms with E-state index in [1.54, 1.807) is 46.0 Å². The number of nitrogens with one attached hydrogen (secondary N) is 2. The van der Waals surface area contributed by atoms with Crippen LogP contribution in [0.3, 0.4) is 0 Å². The van der Waals surface area contributed by atoms with Crippen molar-refractivity contribution in [2.24, 2.45) is 0 Å². The molecule has 0 aliphatic carbocycles. The Bertz CT molecular complexity index is 1590. The van der Waals surface area contributed by atoms with Gasteiger partial charge < -0.3 is 24.8 Å². The van der Waals surface area contributed by atoms with Crippen molar-refractivity contribution in [2.75, 3.05) is 0 Å². The van der Waals surface area contributed by atoms with Gasteiger partial charge in [-0.15, -0.1) is 0 Å². The number of carbonyl (C=O) groups excluding carboxylic acids is 4. The Morgan fingerprint density at radius 3 is 1.93 bits per heavy atom. The number of esters is 1. The molecule has 2 unspecified atom stereocenters. The van der Waals surface area contributed by atoms with E-state index in [4.69, 9.17) is 14.2 Å². The zero-order valence-electron chi connectivity index (χ0n) is 25.2. The van der Waals surface area contributed by atoms with E-state index in [-0.39, 0.29) is 19.6 Å². The molecular formula is C34H37N3O7. The molecule has 0 fully saturated rings. The van der Waals surface area contributed by atoms with E-state index in [2.05, 4.69) is 10.6 Å². The van der Waals surface area contributed by atoms with E-state index in [1.807, 2.05) is 72.8 Å². The summed E-state index contributed by atoms with van der Waals surface area (Å²) in [5, 5.41) is 5.92. The smallest absolute Gasteiger partial charge is 0.408 e. The Morgan fingerprint density at radius 2 is 1.32 bits per heavy atom. The van der Waals surface area contributed by atoms with Crippen molar-refractivity contribution >= 4 is 35.0 Å². The molecule has 2 atom stereocenters. The normalized spacial score (nSPS) is 12.5. The molecule has 3 aromatic carbocycles. The summed E-state index contributed by atoms with van der Waals surface area (Å²) < 4.78 is 17.6. The highest BCUT2D eigenvalue weighted by Crippen LogP contribution is 2.24. The lowest BCUT2D eigenvalue weighted by Crippen LogP contribution is -2.45. The number of ether oxygens (including phenoxy) is 3. The van der Waals surface area contributed by atoms with Crippen LogP contribution in [-0.4, -0.2) is 46.3 Å². The van der Waals surface area contributed by atoms with Gasteiger partial charge in [-0.2, -0.15) is 0 Å². The summed E-state index contributed by atoms with van der Waals surface area (Å²) in [4.78, 5) is 51.9. The highest BCUT2D eigenvalue weighted by atomic mass is 16.6. The van der Waals surface area contributed by atoms with Gasteiger partial charge in [0.05, 0.1) is 5.52 Å². The minimum absolute atomic E-state index is 0.0224. The topological polar surface area (TPSA) is 125 Å². The number of carbonyl (C=O) groups is 4. The monoisotopic (exact) mass is 599 g/mol. The second-order valence-corrected chi connectivity index (χ2v) is 11.3. The largest absolute Gasteiger partial charge is 0.459 e. The molecule has 0 saturated carbocycles. The van der Waals surface area contributed by atoms with Gasteiger partial charge in [0, 0.05) is 18.0 Å². The zero-order valence-corrected chi connectivity index (χ0v) is 25.2. The number of aromatic nitrogens is 1. The standard InChI is InChI=1S/C34H37N3O7/c1-23(35-32(40)43-22-25-15-9-6-10-16-25)30(38)37-20-26(27-17-11-12-18-29(27)37)19-28(36-33(41)44-34(2,3)4)31(39)42-21-24-13-7-5-8-14-24/h5-18,20,23,28H,19,21-22H2,1-4H3,(H,35,40)(H,36,41). The molecule has 10 heteroatoms. The van der Waals surface area contributed by atoms with Crippen molar-refractivity contribution in [1.29, 1.82) is 0 Å². The van der Waals surface area contributed by atoms with Gasteiger partial charge in [-0.05, 0) is 50.5 Å². The fourth-order valence-electron chi connectivity index (χ4n) is 4.50. The van der Waals surface area contributed by atoms with Crippen LogP contribution in [0.15, 0.2) is 91.1 Å². The van der Waals surface area contributed by atoms with Crippen molar-refractivity contribution < 1.29 is 33.4 Å². The summed E-state index contributed by atoms with van der Waals surface area (Å²) in [7, 11) is 0. The third-order valence-electron chi connectivity index (χ3n) is 6.57. The molecule has 0 aliphatic heterocycles. The highest BCUT2D eigenvalue weighted by Gasteiger charge is 2.28. The number of amides is 2. The second-order valence-electron chi connectivity index (χ2n) is 11.3.